The molecule has 0 bridgehead atoms. The Bertz CT molecular complexity index is 613. The van der Waals surface area contributed by atoms with Gasteiger partial charge < -0.3 is 20.2 Å². The van der Waals surface area contributed by atoms with Crippen molar-refractivity contribution in [2.45, 2.75) is 38.1 Å². The number of urea groups is 1. The van der Waals surface area contributed by atoms with Crippen molar-refractivity contribution >= 4 is 6.03 Å². The van der Waals surface area contributed by atoms with Crippen molar-refractivity contribution in [3.8, 4) is 5.75 Å². The van der Waals surface area contributed by atoms with Gasteiger partial charge in [0.2, 0.25) is 0 Å². The van der Waals surface area contributed by atoms with Gasteiger partial charge in [-0.1, -0.05) is 12.1 Å². The average Bonchev–Trinajstić information content (AvgIpc) is 3.28. The summed E-state index contributed by atoms with van der Waals surface area (Å²) in [5, 5.41) is 13.1. The number of amides is 2. The van der Waals surface area contributed by atoms with Crippen LogP contribution in [-0.2, 0) is 12.8 Å². The maximum absolute atomic E-state index is 12.6. The second kappa shape index (κ2) is 6.63. The molecule has 0 aromatic heterocycles. The third kappa shape index (κ3) is 3.22. The quantitative estimate of drug-likeness (QED) is 0.892. The first kappa shape index (κ1) is 15.8. The molecule has 2 fully saturated rings. The third-order valence-electron chi connectivity index (χ3n) is 5.78. The molecular formula is C19H27N3O2. The Hall–Kier alpha value is -1.75. The van der Waals surface area contributed by atoms with Crippen LogP contribution in [0.5, 0.6) is 5.75 Å². The minimum Gasteiger partial charge on any atom is -0.508 e. The summed E-state index contributed by atoms with van der Waals surface area (Å²) in [4.78, 5) is 17.1. The van der Waals surface area contributed by atoms with Gasteiger partial charge in [-0.2, -0.15) is 0 Å². The van der Waals surface area contributed by atoms with Crippen molar-refractivity contribution in [1.82, 2.24) is 15.1 Å². The maximum atomic E-state index is 12.6. The van der Waals surface area contributed by atoms with E-state index in [4.69, 9.17) is 0 Å². The highest BCUT2D eigenvalue weighted by atomic mass is 16.3. The number of carbonyl (C=O) groups is 1. The van der Waals surface area contributed by atoms with Crippen LogP contribution in [0.4, 0.5) is 4.79 Å². The fraction of sp³-hybridized carbons (Fsp3) is 0.632. The van der Waals surface area contributed by atoms with Crippen LogP contribution in [0.3, 0.4) is 0 Å². The Morgan fingerprint density at radius 2 is 2.04 bits per heavy atom. The van der Waals surface area contributed by atoms with Crippen LogP contribution in [0.25, 0.3) is 0 Å². The number of carbonyl (C=O) groups excluding carboxylic acids is 1. The summed E-state index contributed by atoms with van der Waals surface area (Å²) in [6, 6.07) is 5.83. The SMILES string of the molecule is O=C(NC1Cc2cccc(O)c2C1)N1CCC(CN2CCCC2)C1. The van der Waals surface area contributed by atoms with Crippen molar-refractivity contribution in [1.29, 1.82) is 0 Å². The molecule has 5 nitrogen and oxygen atoms in total. The number of fused-ring (bicyclic) bond motifs is 1. The van der Waals surface area contributed by atoms with Gasteiger partial charge in [0.25, 0.3) is 0 Å². The molecule has 3 aliphatic rings. The van der Waals surface area contributed by atoms with E-state index in [9.17, 15) is 9.90 Å². The zero-order valence-electron chi connectivity index (χ0n) is 14.2. The van der Waals surface area contributed by atoms with E-state index in [2.05, 4.69) is 10.2 Å². The Balaban J connectivity index is 1.28. The second-order valence-electron chi connectivity index (χ2n) is 7.58. The van der Waals surface area contributed by atoms with Gasteiger partial charge in [-0.25, -0.2) is 4.79 Å². The number of hydrogen-bond acceptors (Lipinski definition) is 3. The number of aromatic hydroxyl groups is 1. The molecule has 2 heterocycles. The van der Waals surface area contributed by atoms with Crippen LogP contribution in [0.1, 0.15) is 30.4 Å². The molecule has 130 valence electrons. The molecule has 4 rings (SSSR count). The minimum absolute atomic E-state index is 0.0659. The molecule has 2 N–H and O–H groups in total. The first-order chi connectivity index (χ1) is 11.7. The van der Waals surface area contributed by atoms with Crippen molar-refractivity contribution in [3.63, 3.8) is 0 Å². The smallest absolute Gasteiger partial charge is 0.317 e. The summed E-state index contributed by atoms with van der Waals surface area (Å²) < 4.78 is 0. The maximum Gasteiger partial charge on any atom is 0.317 e. The molecule has 5 heteroatoms. The highest BCUT2D eigenvalue weighted by Gasteiger charge is 2.31. The zero-order valence-corrected chi connectivity index (χ0v) is 14.2. The molecule has 1 aromatic rings. The van der Waals surface area contributed by atoms with Crippen molar-refractivity contribution in [2.24, 2.45) is 5.92 Å². The van der Waals surface area contributed by atoms with Crippen LogP contribution in [-0.4, -0.2) is 59.7 Å². The van der Waals surface area contributed by atoms with Gasteiger partial charge in [-0.05, 0) is 68.3 Å². The summed E-state index contributed by atoms with van der Waals surface area (Å²) in [6.07, 6.45) is 5.33. The van der Waals surface area contributed by atoms with Crippen molar-refractivity contribution in [2.75, 3.05) is 32.7 Å². The Labute approximate surface area is 143 Å². The number of rotatable bonds is 3. The van der Waals surface area contributed by atoms with Crippen LogP contribution in [0.15, 0.2) is 18.2 Å². The monoisotopic (exact) mass is 329 g/mol. The van der Waals surface area contributed by atoms with E-state index in [0.717, 1.165) is 50.0 Å². The molecular weight excluding hydrogens is 302 g/mol. The van der Waals surface area contributed by atoms with E-state index in [0.29, 0.717) is 11.7 Å². The molecule has 0 radical (unpaired) electrons. The lowest BCUT2D eigenvalue weighted by molar-refractivity contribution is 0.200. The summed E-state index contributed by atoms with van der Waals surface area (Å²) in [6.45, 7) is 5.36. The van der Waals surface area contributed by atoms with E-state index >= 15 is 0 Å². The van der Waals surface area contributed by atoms with E-state index in [1.807, 2.05) is 17.0 Å². The van der Waals surface area contributed by atoms with Gasteiger partial charge in [-0.15, -0.1) is 0 Å². The number of benzene rings is 1. The molecule has 2 unspecified atom stereocenters. The van der Waals surface area contributed by atoms with Gasteiger partial charge in [0.1, 0.15) is 5.75 Å². The molecule has 2 saturated heterocycles. The number of phenols is 1. The minimum atomic E-state index is 0.0659. The predicted molar refractivity (Wildman–Crippen MR) is 93.2 cm³/mol. The number of phenolic OH excluding ortho intramolecular Hbond substituents is 1. The van der Waals surface area contributed by atoms with Gasteiger partial charge in [0, 0.05) is 25.7 Å². The Kier molecular flexibility index (Phi) is 4.35. The molecule has 2 amide bonds. The molecule has 2 aliphatic heterocycles. The number of likely N-dealkylation sites (tertiary alicyclic amines) is 2. The Morgan fingerprint density at radius 3 is 2.83 bits per heavy atom. The topological polar surface area (TPSA) is 55.8 Å². The van der Waals surface area contributed by atoms with Crippen LogP contribution < -0.4 is 5.32 Å². The molecule has 0 spiro atoms. The van der Waals surface area contributed by atoms with Crippen LogP contribution >= 0.6 is 0 Å². The highest BCUT2D eigenvalue weighted by molar-refractivity contribution is 5.75. The first-order valence-corrected chi connectivity index (χ1v) is 9.26. The van der Waals surface area contributed by atoms with Gasteiger partial charge in [0.15, 0.2) is 0 Å². The highest BCUT2D eigenvalue weighted by Crippen LogP contribution is 2.30. The van der Waals surface area contributed by atoms with Crippen molar-refractivity contribution < 1.29 is 9.90 Å². The molecule has 1 aromatic carbocycles. The summed E-state index contributed by atoms with van der Waals surface area (Å²) in [7, 11) is 0. The number of nitrogens with one attached hydrogen (secondary N) is 1. The molecule has 1 aliphatic carbocycles. The lowest BCUT2D eigenvalue weighted by Gasteiger charge is -2.22. The summed E-state index contributed by atoms with van der Waals surface area (Å²) in [5.41, 5.74) is 2.16. The third-order valence-corrected chi connectivity index (χ3v) is 5.78. The predicted octanol–water partition coefficient (Wildman–Crippen LogP) is 1.99. The summed E-state index contributed by atoms with van der Waals surface area (Å²) >= 11 is 0. The lowest BCUT2D eigenvalue weighted by Crippen LogP contribution is -2.44. The Morgan fingerprint density at radius 1 is 1.21 bits per heavy atom. The fourth-order valence-electron chi connectivity index (χ4n) is 4.50. The summed E-state index contributed by atoms with van der Waals surface area (Å²) in [5.74, 6) is 0.981. The second-order valence-corrected chi connectivity index (χ2v) is 7.58. The number of hydrogen-bond donors (Lipinski definition) is 2. The van der Waals surface area contributed by atoms with E-state index < -0.39 is 0 Å². The zero-order chi connectivity index (χ0) is 16.5. The first-order valence-electron chi connectivity index (χ1n) is 9.26. The number of nitrogens with zero attached hydrogens (tertiary/aromatic N) is 2. The molecule has 0 saturated carbocycles. The van der Waals surface area contributed by atoms with Gasteiger partial charge in [-0.3, -0.25) is 0 Å². The largest absolute Gasteiger partial charge is 0.508 e. The van der Waals surface area contributed by atoms with Gasteiger partial charge >= 0.3 is 6.03 Å². The van der Waals surface area contributed by atoms with E-state index in [-0.39, 0.29) is 12.1 Å². The van der Waals surface area contributed by atoms with Crippen LogP contribution in [0, 0.1) is 5.92 Å². The lowest BCUT2D eigenvalue weighted by atomic mass is 10.1. The van der Waals surface area contributed by atoms with Gasteiger partial charge in [0.05, 0.1) is 0 Å². The normalized spacial score (nSPS) is 26.8. The standard InChI is InChI=1S/C19H27N3O2/c23-18-5-3-4-15-10-16(11-17(15)18)20-19(24)22-9-6-14(13-22)12-21-7-1-2-8-21/h3-5,14,16,23H,1-2,6-13H2,(H,20,24). The molecule has 24 heavy (non-hydrogen) atoms. The van der Waals surface area contributed by atoms with Crippen LogP contribution in [0.2, 0.25) is 0 Å². The van der Waals surface area contributed by atoms with E-state index in [1.54, 1.807) is 6.07 Å². The van der Waals surface area contributed by atoms with Crippen molar-refractivity contribution in [3.05, 3.63) is 29.3 Å². The fourth-order valence-corrected chi connectivity index (χ4v) is 4.50. The molecule has 2 atom stereocenters. The average molecular weight is 329 g/mol. The van der Waals surface area contributed by atoms with E-state index in [1.165, 1.54) is 25.9 Å².